The van der Waals surface area contributed by atoms with E-state index in [-0.39, 0.29) is 0 Å². The van der Waals surface area contributed by atoms with Crippen molar-refractivity contribution in [2.75, 3.05) is 0 Å². The Bertz CT molecular complexity index is 2060. The van der Waals surface area contributed by atoms with E-state index < -0.39 is 23.5 Å². The molecule has 0 amide bonds. The Morgan fingerprint density at radius 1 is 0.220 bits per heavy atom. The van der Waals surface area contributed by atoms with E-state index in [0.29, 0.717) is 22.3 Å². The molecule has 0 aliphatic heterocycles. The summed E-state index contributed by atoms with van der Waals surface area (Å²) in [6, 6.07) is 48.7. The average Bonchev–Trinajstić information content (AvgIpc) is 3.14. The normalized spacial score (nSPS) is 11.8. The Hall–Kier alpha value is -5.88. The summed E-state index contributed by atoms with van der Waals surface area (Å²) in [7, 11) is 0. The van der Waals surface area contributed by atoms with Crippen LogP contribution in [0.25, 0.3) is 66.8 Å². The van der Waals surface area contributed by atoms with Crippen molar-refractivity contribution in [2.24, 2.45) is 0 Å². The molecule has 0 saturated heterocycles. The first-order valence-electron chi connectivity index (χ1n) is 15.9. The Kier molecular flexibility index (Phi) is 8.62. The molecule has 0 radical (unpaired) electrons. The van der Waals surface area contributed by atoms with Gasteiger partial charge in [0.25, 0.3) is 0 Å². The van der Waals surface area contributed by atoms with Crippen LogP contribution in [-0.4, -0.2) is 0 Å². The predicted molar refractivity (Wildman–Crippen MR) is 189 cm³/mol. The lowest BCUT2D eigenvalue weighted by molar-refractivity contribution is -0.138. The first-order chi connectivity index (χ1) is 24.1. The second-order valence-electron chi connectivity index (χ2n) is 11.9. The zero-order valence-electron chi connectivity index (χ0n) is 26.4. The number of rotatable bonds is 6. The molecule has 0 unspecified atom stereocenters. The van der Waals surface area contributed by atoms with Crippen molar-refractivity contribution in [1.29, 1.82) is 0 Å². The van der Waals surface area contributed by atoms with E-state index in [4.69, 9.17) is 0 Å². The van der Waals surface area contributed by atoms with Crippen LogP contribution in [0.5, 0.6) is 0 Å². The smallest absolute Gasteiger partial charge is 0.166 e. The average molecular weight is 671 g/mol. The molecule has 0 aliphatic rings. The third-order valence-electron chi connectivity index (χ3n) is 8.75. The SMILES string of the molecule is FC(F)(F)c1ccc(-c2c(-c3ccccc3)c(-c3ccccc3)c(-c3ccccc3)c(-c3ccccc3)c2-c2ccc(C(F)(F)F)cc2)cc1. The van der Waals surface area contributed by atoms with Crippen molar-refractivity contribution in [3.63, 3.8) is 0 Å². The molecule has 246 valence electrons. The summed E-state index contributed by atoms with van der Waals surface area (Å²) < 4.78 is 83.2. The van der Waals surface area contributed by atoms with Gasteiger partial charge in [0.05, 0.1) is 11.1 Å². The molecular formula is C44H28F6. The molecule has 50 heavy (non-hydrogen) atoms. The Labute approximate surface area is 285 Å². The molecule has 0 spiro atoms. The quantitative estimate of drug-likeness (QED) is 0.155. The molecule has 0 saturated carbocycles. The maximum Gasteiger partial charge on any atom is 0.416 e. The predicted octanol–water partition coefficient (Wildman–Crippen LogP) is 13.7. The van der Waals surface area contributed by atoms with Crippen molar-refractivity contribution in [3.05, 3.63) is 181 Å². The van der Waals surface area contributed by atoms with E-state index in [1.165, 1.54) is 24.3 Å². The fourth-order valence-electron chi connectivity index (χ4n) is 6.55. The summed E-state index contributed by atoms with van der Waals surface area (Å²) in [4.78, 5) is 0. The maximum absolute atomic E-state index is 13.9. The summed E-state index contributed by atoms with van der Waals surface area (Å²) in [5.41, 5.74) is 7.07. The molecule has 0 fully saturated rings. The second kappa shape index (κ2) is 13.2. The number of hydrogen-bond donors (Lipinski definition) is 0. The minimum atomic E-state index is -4.56. The fraction of sp³-hybridized carbons (Fsp3) is 0.0455. The molecule has 7 aromatic carbocycles. The van der Waals surface area contributed by atoms with Crippen molar-refractivity contribution in [1.82, 2.24) is 0 Å². The van der Waals surface area contributed by atoms with Gasteiger partial charge in [-0.05, 0) is 91.0 Å². The summed E-state index contributed by atoms with van der Waals surface area (Å²) in [6.07, 6.45) is -9.11. The van der Waals surface area contributed by atoms with Crippen molar-refractivity contribution in [3.8, 4) is 66.8 Å². The van der Waals surface area contributed by atoms with Gasteiger partial charge in [0.1, 0.15) is 0 Å². The summed E-state index contributed by atoms with van der Waals surface area (Å²) in [6.45, 7) is 0. The van der Waals surface area contributed by atoms with Gasteiger partial charge in [-0.2, -0.15) is 26.3 Å². The summed E-state index contributed by atoms with van der Waals surface area (Å²) in [5, 5.41) is 0. The number of halogens is 6. The molecule has 0 aliphatic carbocycles. The molecule has 7 rings (SSSR count). The second-order valence-corrected chi connectivity index (χ2v) is 11.9. The highest BCUT2D eigenvalue weighted by Gasteiger charge is 2.33. The van der Waals surface area contributed by atoms with Gasteiger partial charge in [-0.25, -0.2) is 0 Å². The fourth-order valence-corrected chi connectivity index (χ4v) is 6.55. The molecule has 0 N–H and O–H groups in total. The van der Waals surface area contributed by atoms with Gasteiger partial charge >= 0.3 is 12.4 Å². The van der Waals surface area contributed by atoms with E-state index in [0.717, 1.165) is 68.8 Å². The Balaban J connectivity index is 1.76. The van der Waals surface area contributed by atoms with Crippen molar-refractivity contribution >= 4 is 0 Å². The molecule has 7 aromatic rings. The highest BCUT2D eigenvalue weighted by molar-refractivity contribution is 6.15. The number of alkyl halides is 6. The molecular weight excluding hydrogens is 642 g/mol. The third kappa shape index (κ3) is 6.32. The van der Waals surface area contributed by atoms with Gasteiger partial charge in [-0.3, -0.25) is 0 Å². The van der Waals surface area contributed by atoms with Gasteiger partial charge in [-0.15, -0.1) is 0 Å². The lowest BCUT2D eigenvalue weighted by atomic mass is 9.74. The van der Waals surface area contributed by atoms with Gasteiger partial charge in [0, 0.05) is 0 Å². The molecule has 0 atom stereocenters. The van der Waals surface area contributed by atoms with Gasteiger partial charge < -0.3 is 0 Å². The maximum atomic E-state index is 13.9. The first-order valence-corrected chi connectivity index (χ1v) is 15.9. The standard InChI is InChI=1S/C44H28F6/c45-43(46,47)35-25-21-33(22-26-35)41-39(31-17-9-3-10-18-31)37(29-13-5-1-6-14-29)38(30-15-7-2-8-16-30)40(32-19-11-4-12-20-32)42(41)34-23-27-36(28-24-34)44(48,49)50/h1-28H. The molecule has 6 heteroatoms. The third-order valence-corrected chi connectivity index (χ3v) is 8.75. The Morgan fingerprint density at radius 2 is 0.400 bits per heavy atom. The van der Waals surface area contributed by atoms with E-state index >= 15 is 0 Å². The van der Waals surface area contributed by atoms with E-state index in [1.54, 1.807) is 0 Å². The van der Waals surface area contributed by atoms with Crippen molar-refractivity contribution in [2.45, 2.75) is 12.4 Å². The number of hydrogen-bond acceptors (Lipinski definition) is 0. The first kappa shape index (κ1) is 32.7. The van der Waals surface area contributed by atoms with Gasteiger partial charge in [-0.1, -0.05) is 146 Å². The van der Waals surface area contributed by atoms with Crippen LogP contribution in [0.1, 0.15) is 11.1 Å². The monoisotopic (exact) mass is 670 g/mol. The van der Waals surface area contributed by atoms with E-state index in [9.17, 15) is 26.3 Å². The van der Waals surface area contributed by atoms with Crippen LogP contribution in [-0.2, 0) is 12.4 Å². The molecule has 0 bridgehead atoms. The summed E-state index contributed by atoms with van der Waals surface area (Å²) in [5.74, 6) is 0. The zero-order valence-corrected chi connectivity index (χ0v) is 26.4. The number of benzene rings is 7. The lowest BCUT2D eigenvalue weighted by Gasteiger charge is -2.29. The van der Waals surface area contributed by atoms with Crippen LogP contribution in [0.15, 0.2) is 170 Å². The largest absolute Gasteiger partial charge is 0.416 e. The van der Waals surface area contributed by atoms with Crippen LogP contribution >= 0.6 is 0 Å². The van der Waals surface area contributed by atoms with Crippen LogP contribution in [0.3, 0.4) is 0 Å². The van der Waals surface area contributed by atoms with Gasteiger partial charge in [0.2, 0.25) is 0 Å². The lowest BCUT2D eigenvalue weighted by Crippen LogP contribution is -2.06. The minimum Gasteiger partial charge on any atom is -0.166 e. The Morgan fingerprint density at radius 3 is 0.580 bits per heavy atom. The molecule has 0 aromatic heterocycles. The molecule has 0 nitrogen and oxygen atoms in total. The summed E-state index contributed by atoms with van der Waals surface area (Å²) >= 11 is 0. The van der Waals surface area contributed by atoms with E-state index in [1.807, 2.05) is 121 Å². The van der Waals surface area contributed by atoms with Crippen molar-refractivity contribution < 1.29 is 26.3 Å². The van der Waals surface area contributed by atoms with Crippen LogP contribution < -0.4 is 0 Å². The van der Waals surface area contributed by atoms with Crippen LogP contribution in [0.4, 0.5) is 26.3 Å². The zero-order chi connectivity index (χ0) is 34.9. The highest BCUT2D eigenvalue weighted by atomic mass is 19.4. The van der Waals surface area contributed by atoms with Crippen LogP contribution in [0.2, 0.25) is 0 Å². The molecule has 0 heterocycles. The minimum absolute atomic E-state index is 0.487. The van der Waals surface area contributed by atoms with Crippen LogP contribution in [0, 0.1) is 0 Å². The van der Waals surface area contributed by atoms with E-state index in [2.05, 4.69) is 0 Å². The van der Waals surface area contributed by atoms with Gasteiger partial charge in [0.15, 0.2) is 0 Å². The highest BCUT2D eigenvalue weighted by Crippen LogP contribution is 2.56. The topological polar surface area (TPSA) is 0 Å².